The van der Waals surface area contributed by atoms with Gasteiger partial charge in [0.2, 0.25) is 5.69 Å². The molecule has 0 amide bonds. The maximum absolute atomic E-state index is 4.47. The summed E-state index contributed by atoms with van der Waals surface area (Å²) in [5.41, 5.74) is 8.84. The zero-order valence-electron chi connectivity index (χ0n) is 15.0. The highest BCUT2D eigenvalue weighted by Gasteiger charge is 2.25. The molecule has 0 saturated heterocycles. The molecule has 1 aliphatic heterocycles. The van der Waals surface area contributed by atoms with Gasteiger partial charge in [-0.2, -0.15) is 0 Å². The van der Waals surface area contributed by atoms with Crippen LogP contribution in [-0.2, 0) is 13.5 Å². The molecular formula is C23H20N3+. The normalized spacial score (nSPS) is 12.1. The van der Waals surface area contributed by atoms with E-state index in [1.807, 2.05) is 6.20 Å². The van der Waals surface area contributed by atoms with Crippen molar-refractivity contribution in [3.05, 3.63) is 90.1 Å². The van der Waals surface area contributed by atoms with E-state index < -0.39 is 0 Å². The SMILES string of the molecule is Cc1ccc(-c2ccccc2)cc1-c1cc2c(c[n+]1C)Cc1nccn1-2. The zero-order valence-corrected chi connectivity index (χ0v) is 15.0. The Balaban J connectivity index is 1.69. The predicted octanol–water partition coefficient (Wildman–Crippen LogP) is 4.24. The number of benzene rings is 2. The lowest BCUT2D eigenvalue weighted by molar-refractivity contribution is -0.660. The van der Waals surface area contributed by atoms with Crippen LogP contribution in [0.4, 0.5) is 0 Å². The van der Waals surface area contributed by atoms with E-state index in [0.717, 1.165) is 12.2 Å². The molecule has 0 bridgehead atoms. The van der Waals surface area contributed by atoms with E-state index in [4.69, 9.17) is 0 Å². The molecule has 3 heterocycles. The van der Waals surface area contributed by atoms with Gasteiger partial charge in [0, 0.05) is 36.0 Å². The van der Waals surface area contributed by atoms with Crippen LogP contribution >= 0.6 is 0 Å². The second-order valence-corrected chi connectivity index (χ2v) is 6.97. The number of rotatable bonds is 2. The van der Waals surface area contributed by atoms with E-state index in [-0.39, 0.29) is 0 Å². The van der Waals surface area contributed by atoms with Crippen LogP contribution in [0.1, 0.15) is 17.0 Å². The monoisotopic (exact) mass is 338 g/mol. The van der Waals surface area contributed by atoms with Crippen molar-refractivity contribution in [1.29, 1.82) is 0 Å². The van der Waals surface area contributed by atoms with Crippen molar-refractivity contribution < 1.29 is 4.57 Å². The molecule has 126 valence electrons. The molecule has 2 aromatic heterocycles. The Labute approximate surface area is 153 Å². The average Bonchev–Trinajstić information content (AvgIpc) is 3.23. The summed E-state index contributed by atoms with van der Waals surface area (Å²) < 4.78 is 4.44. The minimum Gasteiger partial charge on any atom is -0.303 e. The van der Waals surface area contributed by atoms with Crippen molar-refractivity contribution >= 4 is 0 Å². The van der Waals surface area contributed by atoms with Gasteiger partial charge in [-0.15, -0.1) is 0 Å². The summed E-state index contributed by atoms with van der Waals surface area (Å²) in [7, 11) is 2.13. The molecule has 5 rings (SSSR count). The Morgan fingerprint density at radius 1 is 1.00 bits per heavy atom. The van der Waals surface area contributed by atoms with Gasteiger partial charge >= 0.3 is 0 Å². The summed E-state index contributed by atoms with van der Waals surface area (Å²) in [5.74, 6) is 1.12. The van der Waals surface area contributed by atoms with E-state index in [9.17, 15) is 0 Å². The summed E-state index contributed by atoms with van der Waals surface area (Å²) in [6, 6.07) is 19.6. The van der Waals surface area contributed by atoms with E-state index in [0.29, 0.717) is 0 Å². The van der Waals surface area contributed by atoms with Crippen molar-refractivity contribution in [2.45, 2.75) is 13.3 Å². The highest BCUT2D eigenvalue weighted by atomic mass is 15.1. The van der Waals surface area contributed by atoms with Crippen LogP contribution in [-0.4, -0.2) is 9.55 Å². The van der Waals surface area contributed by atoms with Crippen LogP contribution in [0.2, 0.25) is 0 Å². The molecule has 0 radical (unpaired) electrons. The summed E-state index contributed by atoms with van der Waals surface area (Å²) >= 11 is 0. The Morgan fingerprint density at radius 2 is 1.85 bits per heavy atom. The molecule has 0 N–H and O–H groups in total. The maximum Gasteiger partial charge on any atom is 0.214 e. The highest BCUT2D eigenvalue weighted by Crippen LogP contribution is 2.32. The molecule has 3 nitrogen and oxygen atoms in total. The molecule has 3 heteroatoms. The summed E-state index contributed by atoms with van der Waals surface area (Å²) in [6.45, 7) is 2.18. The van der Waals surface area contributed by atoms with Crippen LogP contribution in [0.15, 0.2) is 73.2 Å². The molecule has 2 aromatic carbocycles. The third-order valence-corrected chi connectivity index (χ3v) is 5.28. The fraction of sp³-hybridized carbons (Fsp3) is 0.130. The van der Waals surface area contributed by atoms with Crippen molar-refractivity contribution in [3.63, 3.8) is 0 Å². The van der Waals surface area contributed by atoms with Gasteiger partial charge in [-0.3, -0.25) is 0 Å². The predicted molar refractivity (Wildman–Crippen MR) is 103 cm³/mol. The van der Waals surface area contributed by atoms with Crippen molar-refractivity contribution in [1.82, 2.24) is 9.55 Å². The average molecular weight is 338 g/mol. The molecule has 0 fully saturated rings. The number of nitrogens with zero attached hydrogens (tertiary/aromatic N) is 3. The lowest BCUT2D eigenvalue weighted by Gasteiger charge is -2.10. The fourth-order valence-corrected chi connectivity index (χ4v) is 3.88. The van der Waals surface area contributed by atoms with Crippen molar-refractivity contribution in [2.75, 3.05) is 0 Å². The van der Waals surface area contributed by atoms with Gasteiger partial charge in [0.15, 0.2) is 6.20 Å². The number of aryl methyl sites for hydroxylation is 2. The van der Waals surface area contributed by atoms with Crippen LogP contribution in [0.25, 0.3) is 28.1 Å². The second kappa shape index (κ2) is 5.67. The van der Waals surface area contributed by atoms with E-state index in [1.165, 1.54) is 39.2 Å². The minimum atomic E-state index is 0.902. The number of fused-ring (bicyclic) bond motifs is 3. The van der Waals surface area contributed by atoms with Gasteiger partial charge in [-0.1, -0.05) is 42.5 Å². The largest absolute Gasteiger partial charge is 0.303 e. The third-order valence-electron chi connectivity index (χ3n) is 5.28. The smallest absolute Gasteiger partial charge is 0.214 e. The van der Waals surface area contributed by atoms with Crippen LogP contribution in [0, 0.1) is 6.92 Å². The van der Waals surface area contributed by atoms with Gasteiger partial charge in [0.25, 0.3) is 0 Å². The van der Waals surface area contributed by atoms with Gasteiger partial charge < -0.3 is 4.57 Å². The maximum atomic E-state index is 4.47. The first-order chi connectivity index (χ1) is 12.7. The molecule has 0 unspecified atom stereocenters. The van der Waals surface area contributed by atoms with E-state index in [1.54, 1.807) is 0 Å². The Bertz CT molecular complexity index is 1120. The fourth-order valence-electron chi connectivity index (χ4n) is 3.88. The number of aromatic nitrogens is 3. The minimum absolute atomic E-state index is 0.902. The molecule has 0 spiro atoms. The van der Waals surface area contributed by atoms with E-state index in [2.05, 4.69) is 95.1 Å². The third kappa shape index (κ3) is 2.28. The molecule has 0 atom stereocenters. The highest BCUT2D eigenvalue weighted by molar-refractivity contribution is 5.73. The molecule has 0 aliphatic carbocycles. The van der Waals surface area contributed by atoms with Gasteiger partial charge in [0.1, 0.15) is 12.9 Å². The molecule has 26 heavy (non-hydrogen) atoms. The number of pyridine rings is 1. The second-order valence-electron chi connectivity index (χ2n) is 6.97. The number of hydrogen-bond donors (Lipinski definition) is 0. The Kier molecular flexibility index (Phi) is 3.29. The Hall–Kier alpha value is -3.20. The quantitative estimate of drug-likeness (QED) is 0.441. The lowest BCUT2D eigenvalue weighted by Crippen LogP contribution is -2.31. The lowest BCUT2D eigenvalue weighted by atomic mass is 9.97. The van der Waals surface area contributed by atoms with E-state index >= 15 is 0 Å². The number of hydrogen-bond acceptors (Lipinski definition) is 1. The molecule has 1 aliphatic rings. The first-order valence-electron chi connectivity index (χ1n) is 8.92. The Morgan fingerprint density at radius 3 is 2.69 bits per heavy atom. The summed E-state index contributed by atoms with van der Waals surface area (Å²) in [6.07, 6.45) is 7.08. The molecule has 4 aromatic rings. The van der Waals surface area contributed by atoms with Gasteiger partial charge in [0.05, 0.1) is 5.69 Å². The zero-order chi connectivity index (χ0) is 17.7. The van der Waals surface area contributed by atoms with Crippen molar-refractivity contribution in [3.8, 4) is 28.1 Å². The van der Waals surface area contributed by atoms with Gasteiger partial charge in [-0.25, -0.2) is 9.55 Å². The standard InChI is InChI=1S/C23H20N3/c1-16-8-9-18(17-6-4-3-5-7-17)12-20(16)22-14-21-19(15-25(22)2)13-23-24-10-11-26(21)23/h3-12,14-15H,13H2,1-2H3/q+1. The van der Waals surface area contributed by atoms with Crippen LogP contribution in [0.3, 0.4) is 0 Å². The molecular weight excluding hydrogens is 318 g/mol. The summed E-state index contributed by atoms with van der Waals surface area (Å²) in [5, 5.41) is 0. The number of imidazole rings is 1. The van der Waals surface area contributed by atoms with Gasteiger partial charge in [-0.05, 0) is 29.7 Å². The van der Waals surface area contributed by atoms with Crippen molar-refractivity contribution in [2.24, 2.45) is 7.05 Å². The van der Waals surface area contributed by atoms with Crippen LogP contribution in [0.5, 0.6) is 0 Å². The topological polar surface area (TPSA) is 21.7 Å². The first kappa shape index (κ1) is 15.1. The first-order valence-corrected chi connectivity index (χ1v) is 8.92. The summed E-state index contributed by atoms with van der Waals surface area (Å²) in [4.78, 5) is 4.47. The van der Waals surface area contributed by atoms with Crippen LogP contribution < -0.4 is 4.57 Å². The molecule has 0 saturated carbocycles.